The summed E-state index contributed by atoms with van der Waals surface area (Å²) in [7, 11) is 0. The zero-order valence-electron chi connectivity index (χ0n) is 12.5. The fourth-order valence-corrected chi connectivity index (χ4v) is 2.41. The highest BCUT2D eigenvalue weighted by Crippen LogP contribution is 2.37. The van der Waals surface area contributed by atoms with E-state index in [1.54, 1.807) is 12.1 Å². The van der Waals surface area contributed by atoms with Gasteiger partial charge in [0.05, 0.1) is 0 Å². The van der Waals surface area contributed by atoms with Gasteiger partial charge < -0.3 is 10.2 Å². The van der Waals surface area contributed by atoms with E-state index in [2.05, 4.69) is 45.9 Å². The minimum Gasteiger partial charge on any atom is -0.508 e. The fraction of sp³-hybridized carbons (Fsp3) is 0.333. The molecule has 0 aliphatic heterocycles. The van der Waals surface area contributed by atoms with Gasteiger partial charge in [-0.3, -0.25) is 0 Å². The molecule has 2 N–H and O–H groups in total. The first-order valence-electron chi connectivity index (χ1n) is 7.06. The van der Waals surface area contributed by atoms with Crippen LogP contribution in [0.15, 0.2) is 36.4 Å². The van der Waals surface area contributed by atoms with Crippen molar-refractivity contribution in [2.75, 3.05) is 0 Å². The Morgan fingerprint density at radius 3 is 1.95 bits per heavy atom. The number of aromatic hydroxyl groups is 2. The summed E-state index contributed by atoms with van der Waals surface area (Å²) in [5.41, 5.74) is 4.32. The van der Waals surface area contributed by atoms with Crippen LogP contribution in [0.2, 0.25) is 0 Å². The summed E-state index contributed by atoms with van der Waals surface area (Å²) in [5.74, 6) is 1.05. The van der Waals surface area contributed by atoms with Gasteiger partial charge in [0.2, 0.25) is 0 Å². The molecule has 0 saturated heterocycles. The highest BCUT2D eigenvalue weighted by atomic mass is 16.3. The zero-order valence-corrected chi connectivity index (χ0v) is 12.5. The first kappa shape index (κ1) is 14.4. The number of hydrogen-bond acceptors (Lipinski definition) is 2. The molecule has 0 unspecified atom stereocenters. The molecule has 2 aromatic carbocycles. The van der Waals surface area contributed by atoms with Gasteiger partial charge in [-0.05, 0) is 40.7 Å². The summed E-state index contributed by atoms with van der Waals surface area (Å²) < 4.78 is 0. The topological polar surface area (TPSA) is 40.5 Å². The van der Waals surface area contributed by atoms with E-state index in [0.717, 1.165) is 11.1 Å². The van der Waals surface area contributed by atoms with E-state index in [1.807, 2.05) is 0 Å². The Kier molecular flexibility index (Phi) is 4.03. The third-order valence-electron chi connectivity index (χ3n) is 3.64. The molecule has 106 valence electrons. The molecule has 0 amide bonds. The average Bonchev–Trinajstić information content (AvgIpc) is 2.38. The van der Waals surface area contributed by atoms with E-state index in [9.17, 15) is 10.2 Å². The van der Waals surface area contributed by atoms with Gasteiger partial charge in [0, 0.05) is 11.6 Å². The van der Waals surface area contributed by atoms with Crippen LogP contribution in [0.25, 0.3) is 11.1 Å². The van der Waals surface area contributed by atoms with E-state index in [-0.39, 0.29) is 11.5 Å². The molecule has 0 atom stereocenters. The summed E-state index contributed by atoms with van der Waals surface area (Å²) in [6.45, 7) is 8.66. The summed E-state index contributed by atoms with van der Waals surface area (Å²) in [5, 5.41) is 19.5. The SMILES string of the molecule is CC(C)c1ccc(-c2ccc(O)cc2O)c(C(C)C)c1. The van der Waals surface area contributed by atoms with Gasteiger partial charge in [-0.15, -0.1) is 0 Å². The van der Waals surface area contributed by atoms with Crippen molar-refractivity contribution in [3.8, 4) is 22.6 Å². The molecule has 0 heterocycles. The van der Waals surface area contributed by atoms with Crippen molar-refractivity contribution in [3.63, 3.8) is 0 Å². The van der Waals surface area contributed by atoms with Gasteiger partial charge in [-0.1, -0.05) is 45.9 Å². The standard InChI is InChI=1S/C18H22O2/c1-11(2)13-5-7-15(17(9-13)12(3)4)16-8-6-14(19)10-18(16)20/h5-12,19-20H,1-4H3. The van der Waals surface area contributed by atoms with Crippen molar-refractivity contribution < 1.29 is 10.2 Å². The Balaban J connectivity index is 2.61. The van der Waals surface area contributed by atoms with Crippen LogP contribution >= 0.6 is 0 Å². The lowest BCUT2D eigenvalue weighted by molar-refractivity contribution is 0.452. The van der Waals surface area contributed by atoms with Crippen LogP contribution in [-0.2, 0) is 0 Å². The third kappa shape index (κ3) is 2.79. The number of phenolic OH excluding ortho intramolecular Hbond substituents is 2. The fourth-order valence-electron chi connectivity index (χ4n) is 2.41. The van der Waals surface area contributed by atoms with E-state index in [0.29, 0.717) is 11.8 Å². The van der Waals surface area contributed by atoms with Gasteiger partial charge in [0.25, 0.3) is 0 Å². The molecule has 2 heteroatoms. The lowest BCUT2D eigenvalue weighted by atomic mass is 9.88. The van der Waals surface area contributed by atoms with Crippen LogP contribution in [0.3, 0.4) is 0 Å². The Bertz CT molecular complexity index is 613. The van der Waals surface area contributed by atoms with Gasteiger partial charge in [-0.25, -0.2) is 0 Å². The van der Waals surface area contributed by atoms with E-state index >= 15 is 0 Å². The van der Waals surface area contributed by atoms with Crippen LogP contribution < -0.4 is 0 Å². The summed E-state index contributed by atoms with van der Waals surface area (Å²) in [6, 6.07) is 11.2. The van der Waals surface area contributed by atoms with Gasteiger partial charge in [-0.2, -0.15) is 0 Å². The number of rotatable bonds is 3. The van der Waals surface area contributed by atoms with Crippen molar-refractivity contribution in [1.82, 2.24) is 0 Å². The molecular weight excluding hydrogens is 248 g/mol. The molecule has 20 heavy (non-hydrogen) atoms. The maximum absolute atomic E-state index is 10.1. The quantitative estimate of drug-likeness (QED) is 0.822. The second-order valence-electron chi connectivity index (χ2n) is 5.86. The average molecular weight is 270 g/mol. The third-order valence-corrected chi connectivity index (χ3v) is 3.64. The molecule has 2 aromatic rings. The molecule has 2 rings (SSSR count). The lowest BCUT2D eigenvalue weighted by Crippen LogP contribution is -1.97. The van der Waals surface area contributed by atoms with Crippen molar-refractivity contribution in [1.29, 1.82) is 0 Å². The molecule has 2 nitrogen and oxygen atoms in total. The second kappa shape index (κ2) is 5.58. The van der Waals surface area contributed by atoms with Gasteiger partial charge in [0.1, 0.15) is 11.5 Å². The van der Waals surface area contributed by atoms with E-state index < -0.39 is 0 Å². The molecule has 0 spiro atoms. The van der Waals surface area contributed by atoms with Crippen molar-refractivity contribution in [2.24, 2.45) is 0 Å². The lowest BCUT2D eigenvalue weighted by Gasteiger charge is -2.17. The molecule has 0 aliphatic carbocycles. The monoisotopic (exact) mass is 270 g/mol. The Labute approximate surface area is 120 Å². The van der Waals surface area contributed by atoms with Crippen molar-refractivity contribution >= 4 is 0 Å². The minimum absolute atomic E-state index is 0.0798. The molecule has 0 radical (unpaired) electrons. The predicted molar refractivity (Wildman–Crippen MR) is 83.4 cm³/mol. The van der Waals surface area contributed by atoms with Crippen LogP contribution in [0, 0.1) is 0 Å². The number of benzene rings is 2. The Morgan fingerprint density at radius 2 is 1.40 bits per heavy atom. The van der Waals surface area contributed by atoms with E-state index in [1.165, 1.54) is 17.2 Å². The molecule has 0 aromatic heterocycles. The van der Waals surface area contributed by atoms with Gasteiger partial charge in [0.15, 0.2) is 0 Å². The summed E-state index contributed by atoms with van der Waals surface area (Å²) in [4.78, 5) is 0. The smallest absolute Gasteiger partial charge is 0.127 e. The molecular formula is C18H22O2. The first-order valence-corrected chi connectivity index (χ1v) is 7.06. The largest absolute Gasteiger partial charge is 0.508 e. The second-order valence-corrected chi connectivity index (χ2v) is 5.86. The molecule has 0 bridgehead atoms. The normalized spacial score (nSPS) is 11.3. The Morgan fingerprint density at radius 1 is 0.750 bits per heavy atom. The molecule has 0 saturated carbocycles. The zero-order chi connectivity index (χ0) is 14.9. The van der Waals surface area contributed by atoms with Crippen LogP contribution in [0.5, 0.6) is 11.5 Å². The minimum atomic E-state index is 0.0798. The first-order chi connectivity index (χ1) is 9.40. The summed E-state index contributed by atoms with van der Waals surface area (Å²) in [6.07, 6.45) is 0. The highest BCUT2D eigenvalue weighted by molar-refractivity contribution is 5.74. The predicted octanol–water partition coefficient (Wildman–Crippen LogP) is 5.01. The van der Waals surface area contributed by atoms with Crippen LogP contribution in [0.1, 0.15) is 50.7 Å². The van der Waals surface area contributed by atoms with Gasteiger partial charge >= 0.3 is 0 Å². The molecule has 0 aliphatic rings. The van der Waals surface area contributed by atoms with Crippen molar-refractivity contribution in [2.45, 2.75) is 39.5 Å². The number of hydrogen-bond donors (Lipinski definition) is 2. The highest BCUT2D eigenvalue weighted by Gasteiger charge is 2.14. The maximum atomic E-state index is 10.1. The molecule has 0 fully saturated rings. The summed E-state index contributed by atoms with van der Waals surface area (Å²) >= 11 is 0. The maximum Gasteiger partial charge on any atom is 0.127 e. The Hall–Kier alpha value is -1.96. The van der Waals surface area contributed by atoms with Crippen LogP contribution in [0.4, 0.5) is 0 Å². The van der Waals surface area contributed by atoms with Crippen molar-refractivity contribution in [3.05, 3.63) is 47.5 Å². The number of phenols is 2. The van der Waals surface area contributed by atoms with Crippen LogP contribution in [-0.4, -0.2) is 10.2 Å². The van der Waals surface area contributed by atoms with E-state index in [4.69, 9.17) is 0 Å².